The molecule has 1 heterocycles. The highest BCUT2D eigenvalue weighted by atomic mass is 32.2. The first kappa shape index (κ1) is 19.6. The van der Waals surface area contributed by atoms with Crippen LogP contribution in [-0.4, -0.2) is 40.6 Å². The minimum absolute atomic E-state index is 0.0409. The number of rotatable bonds is 7. The fourth-order valence-electron chi connectivity index (χ4n) is 3.84. The lowest BCUT2D eigenvalue weighted by Gasteiger charge is -2.28. The van der Waals surface area contributed by atoms with E-state index in [1.54, 1.807) is 7.11 Å². The lowest BCUT2D eigenvalue weighted by atomic mass is 10.2. The average molecular weight is 411 g/mol. The van der Waals surface area contributed by atoms with Crippen LogP contribution in [0.4, 0.5) is 4.79 Å². The van der Waals surface area contributed by atoms with Gasteiger partial charge in [-0.15, -0.1) is 0 Å². The second kappa shape index (κ2) is 9.22. The van der Waals surface area contributed by atoms with E-state index >= 15 is 0 Å². The number of nitrogens with one attached hydrogen (secondary N) is 2. The Kier molecular flexibility index (Phi) is 6.24. The predicted molar refractivity (Wildman–Crippen MR) is 116 cm³/mol. The van der Waals surface area contributed by atoms with Crippen LogP contribution in [0, 0.1) is 0 Å². The van der Waals surface area contributed by atoms with Gasteiger partial charge in [0.2, 0.25) is 0 Å². The Morgan fingerprint density at radius 2 is 2.07 bits per heavy atom. The fraction of sp³-hybridized carbons (Fsp3) is 0.364. The Balaban J connectivity index is 1.40. The smallest absolute Gasteiger partial charge is 0.327 e. The number of imidazole rings is 1. The van der Waals surface area contributed by atoms with E-state index < -0.39 is 0 Å². The van der Waals surface area contributed by atoms with Crippen molar-refractivity contribution in [2.75, 3.05) is 13.7 Å². The highest BCUT2D eigenvalue weighted by molar-refractivity contribution is 7.98. The van der Waals surface area contributed by atoms with Gasteiger partial charge in [-0.25, -0.2) is 9.78 Å². The molecule has 2 N–H and O–H groups in total. The van der Waals surface area contributed by atoms with Gasteiger partial charge in [-0.05, 0) is 55.1 Å². The van der Waals surface area contributed by atoms with Crippen molar-refractivity contribution >= 4 is 29.0 Å². The Morgan fingerprint density at radius 3 is 2.86 bits per heavy atom. The van der Waals surface area contributed by atoms with Gasteiger partial charge in [0.1, 0.15) is 11.6 Å². The van der Waals surface area contributed by atoms with Crippen LogP contribution in [0.15, 0.2) is 53.4 Å². The molecule has 152 valence electrons. The normalized spacial score (nSPS) is 14.2. The van der Waals surface area contributed by atoms with Gasteiger partial charge in [-0.1, -0.05) is 31.0 Å². The van der Waals surface area contributed by atoms with E-state index in [0.29, 0.717) is 19.0 Å². The minimum Gasteiger partial charge on any atom is -0.497 e. The number of H-pyrrole nitrogens is 1. The molecule has 0 spiro atoms. The Hall–Kier alpha value is -2.67. The molecule has 6 nitrogen and oxygen atoms in total. The number of methoxy groups -OCH3 is 1. The van der Waals surface area contributed by atoms with Crippen molar-refractivity contribution in [1.29, 1.82) is 0 Å². The Bertz CT molecular complexity index is 935. The minimum atomic E-state index is -0.0409. The third kappa shape index (κ3) is 4.85. The number of ether oxygens (including phenoxy) is 1. The van der Waals surface area contributed by atoms with E-state index in [1.165, 1.54) is 24.8 Å². The maximum atomic E-state index is 13.0. The fourth-order valence-corrected chi connectivity index (χ4v) is 4.49. The number of benzene rings is 2. The van der Waals surface area contributed by atoms with Gasteiger partial charge in [-0.3, -0.25) is 4.72 Å². The van der Waals surface area contributed by atoms with Gasteiger partial charge in [0.15, 0.2) is 0 Å². The topological polar surface area (TPSA) is 70.2 Å². The molecule has 0 unspecified atom stereocenters. The molecule has 4 rings (SSSR count). The Labute approximate surface area is 175 Å². The number of carbonyl (C=O) groups is 1. The monoisotopic (exact) mass is 410 g/mol. The highest BCUT2D eigenvalue weighted by Gasteiger charge is 2.27. The quantitative estimate of drug-likeness (QED) is 0.550. The molecular weight excluding hydrogens is 384 g/mol. The molecule has 1 aliphatic rings. The second-order valence-electron chi connectivity index (χ2n) is 7.27. The third-order valence-electron chi connectivity index (χ3n) is 5.35. The van der Waals surface area contributed by atoms with Gasteiger partial charge in [0, 0.05) is 23.9 Å². The summed E-state index contributed by atoms with van der Waals surface area (Å²) < 4.78 is 8.26. The van der Waals surface area contributed by atoms with E-state index in [4.69, 9.17) is 4.74 Å². The molecule has 0 aliphatic heterocycles. The summed E-state index contributed by atoms with van der Waals surface area (Å²) in [5, 5.41) is 0. The van der Waals surface area contributed by atoms with E-state index in [9.17, 15) is 4.79 Å². The van der Waals surface area contributed by atoms with Crippen molar-refractivity contribution in [3.63, 3.8) is 0 Å². The van der Waals surface area contributed by atoms with Crippen LogP contribution in [0.5, 0.6) is 5.75 Å². The number of urea groups is 1. The van der Waals surface area contributed by atoms with Gasteiger partial charge in [-0.2, -0.15) is 0 Å². The van der Waals surface area contributed by atoms with Crippen molar-refractivity contribution < 1.29 is 9.53 Å². The van der Waals surface area contributed by atoms with Crippen molar-refractivity contribution in [1.82, 2.24) is 19.6 Å². The standard InChI is InChI=1S/C22H26N4O2S/c1-28-17-9-6-10-18(15-17)29-25-22(27)26(16-7-2-3-8-16)14-13-21-23-19-11-4-5-12-20(19)24-21/h4-6,9-12,15-16H,2-3,7-8,13-14H2,1H3,(H,23,24)(H,25,27). The molecule has 2 amide bonds. The van der Waals surface area contributed by atoms with Crippen LogP contribution in [0.3, 0.4) is 0 Å². The van der Waals surface area contributed by atoms with E-state index in [2.05, 4.69) is 14.7 Å². The number of hydrogen-bond donors (Lipinski definition) is 2. The summed E-state index contributed by atoms with van der Waals surface area (Å²) in [6, 6.07) is 16.0. The zero-order valence-electron chi connectivity index (χ0n) is 16.6. The van der Waals surface area contributed by atoms with Gasteiger partial charge in [0.25, 0.3) is 0 Å². The molecular formula is C22H26N4O2S. The molecule has 0 bridgehead atoms. The molecule has 29 heavy (non-hydrogen) atoms. The zero-order chi connectivity index (χ0) is 20.1. The first-order valence-electron chi connectivity index (χ1n) is 10.0. The number of aromatic amines is 1. The largest absolute Gasteiger partial charge is 0.497 e. The summed E-state index contributed by atoms with van der Waals surface area (Å²) in [6.07, 6.45) is 5.21. The number of nitrogens with zero attached hydrogens (tertiary/aromatic N) is 2. The van der Waals surface area contributed by atoms with E-state index in [-0.39, 0.29) is 6.03 Å². The highest BCUT2D eigenvalue weighted by Crippen LogP contribution is 2.25. The molecule has 3 aromatic rings. The summed E-state index contributed by atoms with van der Waals surface area (Å²) in [5.74, 6) is 1.70. The zero-order valence-corrected chi connectivity index (χ0v) is 17.4. The molecule has 1 aliphatic carbocycles. The van der Waals surface area contributed by atoms with Crippen LogP contribution in [0.1, 0.15) is 31.5 Å². The van der Waals surface area contributed by atoms with Crippen LogP contribution < -0.4 is 9.46 Å². The molecule has 7 heteroatoms. The van der Waals surface area contributed by atoms with E-state index in [1.807, 2.05) is 53.4 Å². The molecule has 0 radical (unpaired) electrons. The Morgan fingerprint density at radius 1 is 1.24 bits per heavy atom. The number of fused-ring (bicyclic) bond motifs is 1. The van der Waals surface area contributed by atoms with Crippen LogP contribution >= 0.6 is 11.9 Å². The molecule has 0 saturated heterocycles. The predicted octanol–water partition coefficient (Wildman–Crippen LogP) is 4.78. The molecule has 2 aromatic carbocycles. The lowest BCUT2D eigenvalue weighted by molar-refractivity contribution is 0.182. The van der Waals surface area contributed by atoms with Gasteiger partial charge in [0.05, 0.1) is 18.1 Å². The molecule has 1 saturated carbocycles. The van der Waals surface area contributed by atoms with E-state index in [0.717, 1.165) is 40.3 Å². The van der Waals surface area contributed by atoms with Crippen LogP contribution in [-0.2, 0) is 6.42 Å². The number of aromatic nitrogens is 2. The third-order valence-corrected chi connectivity index (χ3v) is 6.12. The summed E-state index contributed by atoms with van der Waals surface area (Å²) in [4.78, 5) is 23.9. The van der Waals surface area contributed by atoms with Crippen molar-refractivity contribution in [2.24, 2.45) is 0 Å². The number of hydrogen-bond acceptors (Lipinski definition) is 4. The lowest BCUT2D eigenvalue weighted by Crippen LogP contribution is -2.44. The second-order valence-corrected chi connectivity index (χ2v) is 8.15. The maximum Gasteiger partial charge on any atom is 0.327 e. The van der Waals surface area contributed by atoms with Crippen LogP contribution in [0.2, 0.25) is 0 Å². The van der Waals surface area contributed by atoms with Crippen LogP contribution in [0.25, 0.3) is 11.0 Å². The number of amides is 2. The summed E-state index contributed by atoms with van der Waals surface area (Å²) >= 11 is 1.33. The molecule has 0 atom stereocenters. The summed E-state index contributed by atoms with van der Waals surface area (Å²) in [5.41, 5.74) is 2.00. The molecule has 1 aromatic heterocycles. The maximum absolute atomic E-state index is 13.0. The summed E-state index contributed by atoms with van der Waals surface area (Å²) in [7, 11) is 1.64. The van der Waals surface area contributed by atoms with Gasteiger partial charge < -0.3 is 14.6 Å². The first-order valence-corrected chi connectivity index (χ1v) is 10.9. The van der Waals surface area contributed by atoms with Gasteiger partial charge >= 0.3 is 6.03 Å². The van der Waals surface area contributed by atoms with Crippen molar-refractivity contribution in [3.05, 3.63) is 54.4 Å². The molecule has 1 fully saturated rings. The first-order chi connectivity index (χ1) is 14.2. The SMILES string of the molecule is COc1cccc(SNC(=O)N(CCc2nc3ccccc3[nH]2)C2CCCC2)c1. The summed E-state index contributed by atoms with van der Waals surface area (Å²) in [6.45, 7) is 0.648. The average Bonchev–Trinajstić information content (AvgIpc) is 3.42. The van der Waals surface area contributed by atoms with Crippen molar-refractivity contribution in [2.45, 2.75) is 43.0 Å². The number of para-hydroxylation sites is 2. The number of carbonyl (C=O) groups excluding carboxylic acids is 1. The van der Waals surface area contributed by atoms with Crippen molar-refractivity contribution in [3.8, 4) is 5.75 Å².